The molecule has 11 heteroatoms. The Bertz CT molecular complexity index is 1030. The van der Waals surface area contributed by atoms with Gasteiger partial charge in [-0.3, -0.25) is 14.9 Å². The zero-order valence-electron chi connectivity index (χ0n) is 20.2. The lowest BCUT2D eigenvalue weighted by atomic mass is 10.0. The number of nitrogens with zero attached hydrogens (tertiary/aromatic N) is 1. The van der Waals surface area contributed by atoms with Crippen LogP contribution in [0.15, 0.2) is 36.4 Å². The van der Waals surface area contributed by atoms with Gasteiger partial charge in [0.1, 0.15) is 17.2 Å². The van der Waals surface area contributed by atoms with Gasteiger partial charge in [0, 0.05) is 24.6 Å². The van der Waals surface area contributed by atoms with Crippen molar-refractivity contribution >= 4 is 28.9 Å². The molecule has 0 bridgehead atoms. The third-order valence-corrected chi connectivity index (χ3v) is 5.96. The minimum absolute atomic E-state index is 0.00344. The highest BCUT2D eigenvalue weighted by Gasteiger charge is 2.31. The molecular formula is C25H30ClF3N2O5. The van der Waals surface area contributed by atoms with Crippen molar-refractivity contribution in [2.75, 3.05) is 12.4 Å². The fourth-order valence-corrected chi connectivity index (χ4v) is 3.85. The number of nitro groups is 1. The van der Waals surface area contributed by atoms with Gasteiger partial charge in [-0.05, 0) is 43.5 Å². The molecule has 2 rings (SSSR count). The van der Waals surface area contributed by atoms with E-state index in [0.29, 0.717) is 6.42 Å². The Balaban J connectivity index is 2.02. The van der Waals surface area contributed by atoms with E-state index in [9.17, 15) is 28.1 Å². The largest absolute Gasteiger partial charge is 0.469 e. The number of unbranched alkanes of at least 4 members (excludes halogenated alkanes) is 4. The van der Waals surface area contributed by atoms with Crippen molar-refractivity contribution in [2.45, 2.75) is 70.5 Å². The SMILES string of the molecule is CCC(CCCCCCCC(=O)OC)Nc1cc(Oc2ccc(C(F)(F)F)cc2Cl)ccc1[N+](=O)[O-]. The summed E-state index contributed by atoms with van der Waals surface area (Å²) in [7, 11) is 1.37. The van der Waals surface area contributed by atoms with Crippen molar-refractivity contribution < 1.29 is 32.4 Å². The van der Waals surface area contributed by atoms with Crippen molar-refractivity contribution in [1.29, 1.82) is 0 Å². The number of anilines is 1. The summed E-state index contributed by atoms with van der Waals surface area (Å²) in [6.45, 7) is 1.97. The first-order valence-electron chi connectivity index (χ1n) is 11.7. The van der Waals surface area contributed by atoms with E-state index in [0.717, 1.165) is 63.1 Å². The fourth-order valence-electron chi connectivity index (χ4n) is 3.63. The molecule has 1 unspecified atom stereocenters. The molecule has 7 nitrogen and oxygen atoms in total. The number of nitrogens with one attached hydrogen (secondary N) is 1. The second kappa shape index (κ2) is 13.9. The van der Waals surface area contributed by atoms with E-state index in [2.05, 4.69) is 10.1 Å². The highest BCUT2D eigenvalue weighted by atomic mass is 35.5. The van der Waals surface area contributed by atoms with Crippen LogP contribution in [0.4, 0.5) is 24.5 Å². The number of alkyl halides is 3. The molecule has 0 spiro atoms. The molecule has 1 atom stereocenters. The second-order valence-corrected chi connectivity index (χ2v) is 8.72. The zero-order valence-corrected chi connectivity index (χ0v) is 21.0. The first-order chi connectivity index (χ1) is 17.0. The molecule has 0 aliphatic carbocycles. The number of hydrogen-bond acceptors (Lipinski definition) is 6. The van der Waals surface area contributed by atoms with Crippen LogP contribution in [0, 0.1) is 10.1 Å². The number of benzene rings is 2. The molecule has 0 saturated heterocycles. The van der Waals surface area contributed by atoms with E-state index in [4.69, 9.17) is 16.3 Å². The highest BCUT2D eigenvalue weighted by molar-refractivity contribution is 6.32. The maximum absolute atomic E-state index is 12.9. The van der Waals surface area contributed by atoms with Gasteiger partial charge in [0.2, 0.25) is 0 Å². The predicted octanol–water partition coefficient (Wildman–Crippen LogP) is 8.15. The summed E-state index contributed by atoms with van der Waals surface area (Å²) in [5, 5.41) is 14.5. The number of methoxy groups -OCH3 is 1. The van der Waals surface area contributed by atoms with E-state index in [1.54, 1.807) is 0 Å². The summed E-state index contributed by atoms with van der Waals surface area (Å²) >= 11 is 5.97. The van der Waals surface area contributed by atoms with Crippen LogP contribution in [0.2, 0.25) is 5.02 Å². The maximum Gasteiger partial charge on any atom is 0.416 e. The number of esters is 1. The maximum atomic E-state index is 12.9. The van der Waals surface area contributed by atoms with Crippen molar-refractivity contribution in [2.24, 2.45) is 0 Å². The van der Waals surface area contributed by atoms with Gasteiger partial charge in [-0.15, -0.1) is 0 Å². The van der Waals surface area contributed by atoms with Crippen LogP contribution in [-0.4, -0.2) is 24.0 Å². The number of rotatable bonds is 14. The molecule has 0 aliphatic heterocycles. The van der Waals surface area contributed by atoms with Gasteiger partial charge in [-0.25, -0.2) is 0 Å². The third-order valence-electron chi connectivity index (χ3n) is 5.67. The Hall–Kier alpha value is -3.01. The van der Waals surface area contributed by atoms with Crippen molar-refractivity contribution in [3.8, 4) is 11.5 Å². The molecule has 2 aromatic carbocycles. The summed E-state index contributed by atoms with van der Waals surface area (Å²) in [6, 6.07) is 6.80. The van der Waals surface area contributed by atoms with E-state index >= 15 is 0 Å². The monoisotopic (exact) mass is 530 g/mol. The van der Waals surface area contributed by atoms with Gasteiger partial charge in [0.15, 0.2) is 0 Å². The number of carbonyl (C=O) groups is 1. The lowest BCUT2D eigenvalue weighted by Crippen LogP contribution is -2.19. The average molecular weight is 531 g/mol. The summed E-state index contributed by atoms with van der Waals surface area (Å²) < 4.78 is 48.9. The van der Waals surface area contributed by atoms with Crippen molar-refractivity contribution in [1.82, 2.24) is 0 Å². The van der Waals surface area contributed by atoms with Gasteiger partial charge in [0.05, 0.1) is 22.6 Å². The topological polar surface area (TPSA) is 90.7 Å². The van der Waals surface area contributed by atoms with Gasteiger partial charge < -0.3 is 14.8 Å². The lowest BCUT2D eigenvalue weighted by Gasteiger charge is -2.19. The van der Waals surface area contributed by atoms with Crippen LogP contribution in [0.1, 0.15) is 63.9 Å². The van der Waals surface area contributed by atoms with Gasteiger partial charge in [0.25, 0.3) is 5.69 Å². The minimum atomic E-state index is -4.54. The molecule has 0 fully saturated rings. The molecule has 0 heterocycles. The molecule has 0 amide bonds. The highest BCUT2D eigenvalue weighted by Crippen LogP contribution is 2.38. The van der Waals surface area contributed by atoms with Crippen molar-refractivity contribution in [3.63, 3.8) is 0 Å². The van der Waals surface area contributed by atoms with Crippen LogP contribution in [0.25, 0.3) is 0 Å². The second-order valence-electron chi connectivity index (χ2n) is 8.31. The number of hydrogen-bond donors (Lipinski definition) is 1. The average Bonchev–Trinajstić information content (AvgIpc) is 2.82. The zero-order chi connectivity index (χ0) is 26.7. The smallest absolute Gasteiger partial charge is 0.416 e. The Kier molecular flexibility index (Phi) is 11.3. The standard InChI is InChI=1S/C25H30ClF3N2O5/c1-3-18(9-7-5-4-6-8-10-24(32)35-2)30-21-16-19(12-13-22(21)31(33)34)36-23-14-11-17(15-20(23)26)25(27,28)29/h11-16,18,30H,3-10H2,1-2H3. The van der Waals surface area contributed by atoms with Crippen LogP contribution >= 0.6 is 11.6 Å². The molecular weight excluding hydrogens is 501 g/mol. The summed E-state index contributed by atoms with van der Waals surface area (Å²) in [5.41, 5.74) is -0.784. The van der Waals surface area contributed by atoms with Crippen molar-refractivity contribution in [3.05, 3.63) is 57.1 Å². The molecule has 198 valence electrons. The molecule has 0 aliphatic rings. The first kappa shape index (κ1) is 29.2. The van der Waals surface area contributed by atoms with E-state index in [1.807, 2.05) is 6.92 Å². The molecule has 0 aromatic heterocycles. The number of ether oxygens (including phenoxy) is 2. The Labute approximate surface area is 213 Å². The summed E-state index contributed by atoms with van der Waals surface area (Å²) in [6.07, 6.45) is 1.97. The fraction of sp³-hybridized carbons (Fsp3) is 0.480. The molecule has 2 aromatic rings. The molecule has 0 saturated carbocycles. The van der Waals surface area contributed by atoms with Gasteiger partial charge >= 0.3 is 12.1 Å². The Morgan fingerprint density at radius 3 is 2.42 bits per heavy atom. The minimum Gasteiger partial charge on any atom is -0.469 e. The number of halogens is 4. The Morgan fingerprint density at radius 2 is 1.81 bits per heavy atom. The van der Waals surface area contributed by atoms with Crippen LogP contribution in [-0.2, 0) is 15.7 Å². The van der Waals surface area contributed by atoms with Gasteiger partial charge in [-0.1, -0.05) is 44.2 Å². The third kappa shape index (κ3) is 9.22. The quantitative estimate of drug-likeness (QED) is 0.115. The number of carbonyl (C=O) groups excluding carboxylic acids is 1. The normalized spacial score (nSPS) is 12.2. The van der Waals surface area contributed by atoms with Gasteiger partial charge in [-0.2, -0.15) is 13.2 Å². The summed E-state index contributed by atoms with van der Waals surface area (Å²) in [5.74, 6) is -0.00688. The molecule has 36 heavy (non-hydrogen) atoms. The van der Waals surface area contributed by atoms with Crippen LogP contribution in [0.3, 0.4) is 0 Å². The van der Waals surface area contributed by atoms with E-state index in [-0.39, 0.29) is 39.9 Å². The molecule has 0 radical (unpaired) electrons. The first-order valence-corrected chi connectivity index (χ1v) is 12.1. The lowest BCUT2D eigenvalue weighted by molar-refractivity contribution is -0.384. The predicted molar refractivity (Wildman–Crippen MR) is 132 cm³/mol. The number of nitro benzene ring substituents is 1. The van der Waals surface area contributed by atoms with Crippen LogP contribution < -0.4 is 10.1 Å². The molecule has 1 N–H and O–H groups in total. The van der Waals surface area contributed by atoms with E-state index in [1.165, 1.54) is 25.3 Å². The summed E-state index contributed by atoms with van der Waals surface area (Å²) in [4.78, 5) is 22.2. The van der Waals surface area contributed by atoms with E-state index < -0.39 is 16.7 Å². The van der Waals surface area contributed by atoms with Crippen LogP contribution in [0.5, 0.6) is 11.5 Å². The Morgan fingerprint density at radius 1 is 1.11 bits per heavy atom.